The fraction of sp³-hybridized carbons (Fsp3) is 0.304. The van der Waals surface area contributed by atoms with E-state index in [4.69, 9.17) is 0 Å². The molecule has 4 nitrogen and oxygen atoms in total. The van der Waals surface area contributed by atoms with Crippen molar-refractivity contribution < 1.29 is 9.59 Å². The van der Waals surface area contributed by atoms with E-state index in [0.29, 0.717) is 10.6 Å². The third-order valence-corrected chi connectivity index (χ3v) is 6.30. The molecule has 3 aromatic rings. The Morgan fingerprint density at radius 1 is 0.964 bits per heavy atom. The summed E-state index contributed by atoms with van der Waals surface area (Å²) in [6.45, 7) is 5.62. The van der Waals surface area contributed by atoms with Crippen LogP contribution in [0.25, 0.3) is 10.8 Å². The number of nitrogens with one attached hydrogen (secondary N) is 2. The number of anilines is 2. The van der Waals surface area contributed by atoms with Crippen LogP contribution in [0.5, 0.6) is 0 Å². The Morgan fingerprint density at radius 2 is 1.71 bits per heavy atom. The van der Waals surface area contributed by atoms with Crippen LogP contribution in [0, 0.1) is 5.41 Å². The highest BCUT2D eigenvalue weighted by molar-refractivity contribution is 7.17. The summed E-state index contributed by atoms with van der Waals surface area (Å²) in [5.41, 5.74) is 1.99. The second kappa shape index (κ2) is 7.06. The first-order valence-electron chi connectivity index (χ1n) is 9.59. The van der Waals surface area contributed by atoms with Gasteiger partial charge in [0.05, 0.1) is 5.56 Å². The Kier molecular flexibility index (Phi) is 4.71. The second-order valence-corrected chi connectivity index (χ2v) is 9.35. The van der Waals surface area contributed by atoms with Crippen LogP contribution >= 0.6 is 11.3 Å². The number of rotatable bonds is 3. The molecule has 2 N–H and O–H groups in total. The predicted octanol–water partition coefficient (Wildman–Crippen LogP) is 5.63. The van der Waals surface area contributed by atoms with Crippen LogP contribution in [0.4, 0.5) is 10.7 Å². The van der Waals surface area contributed by atoms with Crippen LogP contribution in [0.3, 0.4) is 0 Å². The van der Waals surface area contributed by atoms with Crippen molar-refractivity contribution in [2.75, 3.05) is 10.6 Å². The number of fused-ring (bicyclic) bond motifs is 2. The van der Waals surface area contributed by atoms with Gasteiger partial charge in [0.2, 0.25) is 5.91 Å². The van der Waals surface area contributed by atoms with Crippen molar-refractivity contribution >= 4 is 44.6 Å². The van der Waals surface area contributed by atoms with E-state index in [-0.39, 0.29) is 11.8 Å². The van der Waals surface area contributed by atoms with E-state index < -0.39 is 5.41 Å². The molecule has 28 heavy (non-hydrogen) atoms. The quantitative estimate of drug-likeness (QED) is 0.607. The molecule has 0 spiro atoms. The standard InChI is InChI=1S/C23H24N2O2S/c1-23(2,3)22(27)25-21-19(16-11-7-13-18(16)28-21)20(26)24-17-12-6-9-14-8-4-5-10-15(14)17/h4-6,8-10,12H,7,11,13H2,1-3H3,(H,24,26)(H,25,27). The van der Waals surface area contributed by atoms with Crippen molar-refractivity contribution in [3.05, 3.63) is 58.5 Å². The van der Waals surface area contributed by atoms with Crippen LogP contribution in [0.2, 0.25) is 0 Å². The number of aryl methyl sites for hydroxylation is 1. The second-order valence-electron chi connectivity index (χ2n) is 8.25. The van der Waals surface area contributed by atoms with Crippen molar-refractivity contribution in [3.63, 3.8) is 0 Å². The molecule has 1 aliphatic rings. The first-order chi connectivity index (χ1) is 13.3. The molecule has 0 saturated heterocycles. The molecule has 0 bridgehead atoms. The fourth-order valence-corrected chi connectivity index (χ4v) is 4.82. The van der Waals surface area contributed by atoms with Gasteiger partial charge in [-0.15, -0.1) is 11.3 Å². The van der Waals surface area contributed by atoms with Gasteiger partial charge < -0.3 is 10.6 Å². The monoisotopic (exact) mass is 392 g/mol. The lowest BCUT2D eigenvalue weighted by Crippen LogP contribution is -2.28. The maximum atomic E-state index is 13.3. The molecule has 0 unspecified atom stereocenters. The van der Waals surface area contributed by atoms with E-state index in [1.165, 1.54) is 4.88 Å². The van der Waals surface area contributed by atoms with Gasteiger partial charge in [-0.3, -0.25) is 9.59 Å². The molecule has 1 aliphatic carbocycles. The smallest absolute Gasteiger partial charge is 0.258 e. The molecule has 0 atom stereocenters. The third kappa shape index (κ3) is 3.42. The summed E-state index contributed by atoms with van der Waals surface area (Å²) in [6.07, 6.45) is 2.92. The zero-order valence-corrected chi connectivity index (χ0v) is 17.2. The first-order valence-corrected chi connectivity index (χ1v) is 10.4. The summed E-state index contributed by atoms with van der Waals surface area (Å²) in [5.74, 6) is -0.230. The van der Waals surface area contributed by atoms with E-state index in [1.807, 2.05) is 63.2 Å². The summed E-state index contributed by atoms with van der Waals surface area (Å²) in [7, 11) is 0. The minimum Gasteiger partial charge on any atom is -0.321 e. The number of hydrogen-bond acceptors (Lipinski definition) is 3. The Balaban J connectivity index is 1.70. The molecule has 2 aromatic carbocycles. The van der Waals surface area contributed by atoms with Gasteiger partial charge in [0, 0.05) is 21.4 Å². The van der Waals surface area contributed by atoms with Crippen molar-refractivity contribution in [2.45, 2.75) is 40.0 Å². The summed E-state index contributed by atoms with van der Waals surface area (Å²) in [6, 6.07) is 13.9. The van der Waals surface area contributed by atoms with E-state index in [9.17, 15) is 9.59 Å². The van der Waals surface area contributed by atoms with E-state index >= 15 is 0 Å². The predicted molar refractivity (Wildman–Crippen MR) is 116 cm³/mol. The highest BCUT2D eigenvalue weighted by Crippen LogP contribution is 2.40. The van der Waals surface area contributed by atoms with Gasteiger partial charge >= 0.3 is 0 Å². The number of carbonyl (C=O) groups excluding carboxylic acids is 2. The van der Waals surface area contributed by atoms with Crippen molar-refractivity contribution in [2.24, 2.45) is 5.41 Å². The molecule has 5 heteroatoms. The zero-order valence-electron chi connectivity index (χ0n) is 16.4. The Morgan fingerprint density at radius 3 is 2.50 bits per heavy atom. The van der Waals surface area contributed by atoms with Crippen molar-refractivity contribution in [1.82, 2.24) is 0 Å². The van der Waals surface area contributed by atoms with Crippen LogP contribution in [0.1, 0.15) is 48.0 Å². The lowest BCUT2D eigenvalue weighted by atomic mass is 9.95. The number of carbonyl (C=O) groups is 2. The summed E-state index contributed by atoms with van der Waals surface area (Å²) in [5, 5.41) is 8.84. The maximum absolute atomic E-state index is 13.3. The molecule has 0 fully saturated rings. The SMILES string of the molecule is CC(C)(C)C(=O)Nc1sc2c(c1C(=O)Nc1cccc3ccccc13)CCC2. The zero-order chi connectivity index (χ0) is 19.9. The van der Waals surface area contributed by atoms with E-state index in [2.05, 4.69) is 10.6 Å². The van der Waals surface area contributed by atoms with Gasteiger partial charge in [0.1, 0.15) is 5.00 Å². The largest absolute Gasteiger partial charge is 0.321 e. The van der Waals surface area contributed by atoms with Crippen LogP contribution < -0.4 is 10.6 Å². The summed E-state index contributed by atoms with van der Waals surface area (Å²) >= 11 is 1.54. The molecule has 0 aliphatic heterocycles. The lowest BCUT2D eigenvalue weighted by Gasteiger charge is -2.18. The number of benzene rings is 2. The third-order valence-electron chi connectivity index (χ3n) is 5.09. The highest BCUT2D eigenvalue weighted by atomic mass is 32.1. The van der Waals surface area contributed by atoms with E-state index in [0.717, 1.165) is 41.3 Å². The minimum absolute atomic E-state index is 0.0772. The van der Waals surface area contributed by atoms with Crippen LogP contribution in [-0.4, -0.2) is 11.8 Å². The van der Waals surface area contributed by atoms with Gasteiger partial charge in [-0.05, 0) is 36.3 Å². The fourth-order valence-electron chi connectivity index (χ4n) is 3.54. The molecule has 0 saturated carbocycles. The molecule has 1 aromatic heterocycles. The molecule has 144 valence electrons. The number of amides is 2. The van der Waals surface area contributed by atoms with Crippen LogP contribution in [0.15, 0.2) is 42.5 Å². The molecule has 0 radical (unpaired) electrons. The number of thiophene rings is 1. The molecule has 2 amide bonds. The van der Waals surface area contributed by atoms with Crippen molar-refractivity contribution in [1.29, 1.82) is 0 Å². The molecular weight excluding hydrogens is 368 g/mol. The Hall–Kier alpha value is -2.66. The van der Waals surface area contributed by atoms with Gasteiger partial charge in [0.25, 0.3) is 5.91 Å². The van der Waals surface area contributed by atoms with Gasteiger partial charge in [-0.25, -0.2) is 0 Å². The van der Waals surface area contributed by atoms with E-state index in [1.54, 1.807) is 11.3 Å². The minimum atomic E-state index is -0.516. The van der Waals surface area contributed by atoms with Crippen LogP contribution in [-0.2, 0) is 17.6 Å². The molecular formula is C23H24N2O2S. The van der Waals surface area contributed by atoms with Gasteiger partial charge in [0.15, 0.2) is 0 Å². The molecule has 1 heterocycles. The molecule has 4 rings (SSSR count). The summed E-state index contributed by atoms with van der Waals surface area (Å²) < 4.78 is 0. The Labute approximate surface area is 169 Å². The first kappa shape index (κ1) is 18.7. The summed E-state index contributed by atoms with van der Waals surface area (Å²) in [4.78, 5) is 27.0. The maximum Gasteiger partial charge on any atom is 0.258 e. The van der Waals surface area contributed by atoms with Gasteiger partial charge in [-0.2, -0.15) is 0 Å². The Bertz CT molecular complexity index is 1070. The van der Waals surface area contributed by atoms with Gasteiger partial charge in [-0.1, -0.05) is 57.2 Å². The number of hydrogen-bond donors (Lipinski definition) is 2. The average molecular weight is 393 g/mol. The van der Waals surface area contributed by atoms with Crippen molar-refractivity contribution in [3.8, 4) is 0 Å². The normalized spacial score (nSPS) is 13.4. The topological polar surface area (TPSA) is 58.2 Å². The highest BCUT2D eigenvalue weighted by Gasteiger charge is 2.30. The lowest BCUT2D eigenvalue weighted by molar-refractivity contribution is -0.123. The average Bonchev–Trinajstić information content (AvgIpc) is 3.21.